The molecule has 0 bridgehead atoms. The van der Waals surface area contributed by atoms with Crippen molar-refractivity contribution >= 4 is 23.2 Å². The summed E-state index contributed by atoms with van der Waals surface area (Å²) in [4.78, 5) is 22.9. The lowest BCUT2D eigenvalue weighted by Gasteiger charge is -1.94. The Kier molecular flexibility index (Phi) is 3.20. The van der Waals surface area contributed by atoms with Crippen LogP contribution in [0.25, 0.3) is 11.0 Å². The maximum atomic E-state index is 11.9. The lowest BCUT2D eigenvalue weighted by molar-refractivity contribution is 0.0946. The first-order chi connectivity index (χ1) is 9.83. The highest BCUT2D eigenvalue weighted by atomic mass is 16.2. The first-order valence-corrected chi connectivity index (χ1v) is 6.01. The van der Waals surface area contributed by atoms with Crippen LogP contribution in [-0.4, -0.2) is 27.1 Å². The third-order valence-electron chi connectivity index (χ3n) is 2.69. The number of carbonyl (C=O) groups excluding carboxylic acids is 1. The molecule has 1 aromatic carbocycles. The van der Waals surface area contributed by atoms with Gasteiger partial charge in [-0.1, -0.05) is 12.1 Å². The highest BCUT2D eigenvalue weighted by Crippen LogP contribution is 2.09. The van der Waals surface area contributed by atoms with Gasteiger partial charge in [-0.05, 0) is 29.8 Å². The SMILES string of the molecule is O=C(N/N=C/c1ccncc1)c1nc2ccccc2[nH]1. The number of amides is 1. The lowest BCUT2D eigenvalue weighted by atomic mass is 10.3. The molecule has 0 unspecified atom stereocenters. The Morgan fingerprint density at radius 2 is 2.00 bits per heavy atom. The van der Waals surface area contributed by atoms with E-state index in [0.29, 0.717) is 0 Å². The number of hydrazone groups is 1. The number of aromatic nitrogens is 3. The average Bonchev–Trinajstić information content (AvgIpc) is 2.92. The topological polar surface area (TPSA) is 83.0 Å². The molecule has 0 aliphatic carbocycles. The molecule has 0 saturated carbocycles. The van der Waals surface area contributed by atoms with Crippen LogP contribution in [-0.2, 0) is 0 Å². The Labute approximate surface area is 114 Å². The van der Waals surface area contributed by atoms with Gasteiger partial charge in [-0.2, -0.15) is 5.10 Å². The van der Waals surface area contributed by atoms with Gasteiger partial charge in [-0.3, -0.25) is 9.78 Å². The molecule has 3 aromatic rings. The molecule has 2 N–H and O–H groups in total. The van der Waals surface area contributed by atoms with Gasteiger partial charge in [-0.15, -0.1) is 0 Å². The molecule has 6 heteroatoms. The van der Waals surface area contributed by atoms with Gasteiger partial charge in [0.05, 0.1) is 17.2 Å². The second-order valence-corrected chi connectivity index (χ2v) is 4.08. The Morgan fingerprint density at radius 3 is 2.80 bits per heavy atom. The van der Waals surface area contributed by atoms with Gasteiger partial charge in [0.2, 0.25) is 0 Å². The summed E-state index contributed by atoms with van der Waals surface area (Å²) in [5, 5.41) is 3.88. The molecule has 0 aliphatic heterocycles. The number of nitrogens with zero attached hydrogens (tertiary/aromatic N) is 3. The Morgan fingerprint density at radius 1 is 1.20 bits per heavy atom. The number of rotatable bonds is 3. The molecule has 2 heterocycles. The predicted octanol–water partition coefficient (Wildman–Crippen LogP) is 1.72. The molecule has 2 aromatic heterocycles. The van der Waals surface area contributed by atoms with Crippen LogP contribution in [0.2, 0.25) is 0 Å². The molecule has 0 spiro atoms. The first-order valence-electron chi connectivity index (χ1n) is 6.01. The number of aromatic amines is 1. The Balaban J connectivity index is 1.71. The van der Waals surface area contributed by atoms with E-state index in [9.17, 15) is 4.79 Å². The van der Waals surface area contributed by atoms with Crippen LogP contribution in [0.15, 0.2) is 53.9 Å². The maximum Gasteiger partial charge on any atom is 0.307 e. The fraction of sp³-hybridized carbons (Fsp3) is 0. The van der Waals surface area contributed by atoms with E-state index in [2.05, 4.69) is 25.5 Å². The van der Waals surface area contributed by atoms with E-state index < -0.39 is 0 Å². The van der Waals surface area contributed by atoms with Gasteiger partial charge in [0, 0.05) is 12.4 Å². The van der Waals surface area contributed by atoms with Crippen molar-refractivity contribution in [2.75, 3.05) is 0 Å². The van der Waals surface area contributed by atoms with Crippen LogP contribution in [0, 0.1) is 0 Å². The van der Waals surface area contributed by atoms with Crippen LogP contribution >= 0.6 is 0 Å². The van der Waals surface area contributed by atoms with Crippen molar-refractivity contribution in [3.63, 3.8) is 0 Å². The fourth-order valence-corrected chi connectivity index (χ4v) is 1.73. The van der Waals surface area contributed by atoms with Crippen molar-refractivity contribution in [3.05, 3.63) is 60.2 Å². The van der Waals surface area contributed by atoms with Crippen molar-refractivity contribution in [1.29, 1.82) is 0 Å². The fourth-order valence-electron chi connectivity index (χ4n) is 1.73. The Hall–Kier alpha value is -3.02. The molecular formula is C14H11N5O. The number of hydrogen-bond donors (Lipinski definition) is 2. The second-order valence-electron chi connectivity index (χ2n) is 4.08. The van der Waals surface area contributed by atoms with Gasteiger partial charge in [0.15, 0.2) is 5.82 Å². The van der Waals surface area contributed by atoms with Crippen LogP contribution in [0.4, 0.5) is 0 Å². The predicted molar refractivity (Wildman–Crippen MR) is 75.4 cm³/mol. The van der Waals surface area contributed by atoms with Crippen LogP contribution in [0.3, 0.4) is 0 Å². The second kappa shape index (κ2) is 5.31. The minimum Gasteiger partial charge on any atom is -0.334 e. The zero-order valence-electron chi connectivity index (χ0n) is 10.4. The number of benzene rings is 1. The van der Waals surface area contributed by atoms with Crippen molar-refractivity contribution in [2.24, 2.45) is 5.10 Å². The van der Waals surface area contributed by atoms with E-state index in [1.54, 1.807) is 30.7 Å². The van der Waals surface area contributed by atoms with Gasteiger partial charge in [0.1, 0.15) is 0 Å². The first kappa shape index (κ1) is 12.0. The summed E-state index contributed by atoms with van der Waals surface area (Å²) in [5.41, 5.74) is 4.84. The normalized spacial score (nSPS) is 11.0. The number of hydrogen-bond acceptors (Lipinski definition) is 4. The molecule has 0 atom stereocenters. The molecule has 0 fully saturated rings. The summed E-state index contributed by atoms with van der Waals surface area (Å²) in [7, 11) is 0. The summed E-state index contributed by atoms with van der Waals surface area (Å²) in [5.74, 6) is -0.149. The summed E-state index contributed by atoms with van der Waals surface area (Å²) < 4.78 is 0. The smallest absolute Gasteiger partial charge is 0.307 e. The van der Waals surface area contributed by atoms with E-state index in [4.69, 9.17) is 0 Å². The molecule has 6 nitrogen and oxygen atoms in total. The largest absolute Gasteiger partial charge is 0.334 e. The highest BCUT2D eigenvalue weighted by molar-refractivity contribution is 5.94. The number of nitrogens with one attached hydrogen (secondary N) is 2. The third-order valence-corrected chi connectivity index (χ3v) is 2.69. The van der Waals surface area contributed by atoms with E-state index >= 15 is 0 Å². The van der Waals surface area contributed by atoms with Crippen molar-refractivity contribution in [3.8, 4) is 0 Å². The quantitative estimate of drug-likeness (QED) is 0.558. The minimum absolute atomic E-state index is 0.234. The van der Waals surface area contributed by atoms with Crippen molar-refractivity contribution < 1.29 is 4.79 Å². The lowest BCUT2D eigenvalue weighted by Crippen LogP contribution is -2.19. The van der Waals surface area contributed by atoms with Gasteiger partial charge >= 0.3 is 5.91 Å². The molecule has 1 amide bonds. The number of fused-ring (bicyclic) bond motifs is 1. The molecule has 98 valence electrons. The number of para-hydroxylation sites is 2. The monoisotopic (exact) mass is 265 g/mol. The molecule has 3 rings (SSSR count). The summed E-state index contributed by atoms with van der Waals surface area (Å²) in [6.45, 7) is 0. The average molecular weight is 265 g/mol. The van der Waals surface area contributed by atoms with Crippen molar-refractivity contribution in [2.45, 2.75) is 0 Å². The number of pyridine rings is 1. The Bertz CT molecular complexity index is 730. The number of imidazole rings is 1. The van der Waals surface area contributed by atoms with E-state index in [0.717, 1.165) is 16.6 Å². The molecule has 0 aliphatic rings. The number of H-pyrrole nitrogens is 1. The van der Waals surface area contributed by atoms with Gasteiger partial charge in [0.25, 0.3) is 0 Å². The molecule has 0 saturated heterocycles. The molecule has 0 radical (unpaired) electrons. The highest BCUT2D eigenvalue weighted by Gasteiger charge is 2.09. The summed E-state index contributed by atoms with van der Waals surface area (Å²) in [6.07, 6.45) is 4.85. The van der Waals surface area contributed by atoms with Crippen molar-refractivity contribution in [1.82, 2.24) is 20.4 Å². The standard InChI is InChI=1S/C14H11N5O/c20-14(19-16-9-10-5-7-15-8-6-10)13-17-11-3-1-2-4-12(11)18-13/h1-9H,(H,17,18)(H,19,20)/b16-9+. The molecule has 20 heavy (non-hydrogen) atoms. The van der Waals surface area contributed by atoms with E-state index in [-0.39, 0.29) is 11.7 Å². The summed E-state index contributed by atoms with van der Waals surface area (Å²) in [6, 6.07) is 11.0. The molecular weight excluding hydrogens is 254 g/mol. The van der Waals surface area contributed by atoms with Gasteiger partial charge < -0.3 is 4.98 Å². The van der Waals surface area contributed by atoms with E-state index in [1.165, 1.54) is 0 Å². The van der Waals surface area contributed by atoms with Crippen LogP contribution < -0.4 is 5.43 Å². The number of carbonyl (C=O) groups is 1. The zero-order chi connectivity index (χ0) is 13.8. The third kappa shape index (κ3) is 2.54. The zero-order valence-corrected chi connectivity index (χ0v) is 10.4. The van der Waals surface area contributed by atoms with Gasteiger partial charge in [-0.25, -0.2) is 10.4 Å². The summed E-state index contributed by atoms with van der Waals surface area (Å²) >= 11 is 0. The van der Waals surface area contributed by atoms with Crippen LogP contribution in [0.5, 0.6) is 0 Å². The maximum absolute atomic E-state index is 11.9. The van der Waals surface area contributed by atoms with E-state index in [1.807, 2.05) is 24.3 Å². The van der Waals surface area contributed by atoms with Crippen LogP contribution in [0.1, 0.15) is 16.2 Å². The minimum atomic E-state index is -0.383.